The number of carboxylic acids is 1. The molecule has 1 aliphatic rings. The second-order valence-electron chi connectivity index (χ2n) is 8.72. The van der Waals surface area contributed by atoms with Crippen molar-refractivity contribution < 1.29 is 28.7 Å². The molecule has 2 aromatic heterocycles. The molecule has 0 bridgehead atoms. The Morgan fingerprint density at radius 1 is 0.946 bits per heavy atom. The van der Waals surface area contributed by atoms with E-state index in [9.17, 15) is 9.59 Å². The molecule has 0 spiro atoms. The first-order valence-electron chi connectivity index (χ1n) is 11.9. The second kappa shape index (κ2) is 10.9. The van der Waals surface area contributed by atoms with Crippen molar-refractivity contribution in [3.05, 3.63) is 107 Å². The van der Waals surface area contributed by atoms with Crippen LogP contribution in [0.1, 0.15) is 50.2 Å². The summed E-state index contributed by atoms with van der Waals surface area (Å²) in [6, 6.07) is 22.5. The van der Waals surface area contributed by atoms with Crippen molar-refractivity contribution in [2.24, 2.45) is 0 Å². The number of pyridine rings is 1. The van der Waals surface area contributed by atoms with E-state index in [-0.39, 0.29) is 23.3 Å². The lowest BCUT2D eigenvalue weighted by atomic mass is 10.1. The molecule has 1 aliphatic heterocycles. The molecule has 0 saturated carbocycles. The number of likely N-dealkylation sites (tertiary alicyclic amines) is 1. The van der Waals surface area contributed by atoms with Gasteiger partial charge in [0.05, 0.1) is 11.9 Å². The van der Waals surface area contributed by atoms with E-state index in [1.54, 1.807) is 11.0 Å². The lowest BCUT2D eigenvalue weighted by Crippen LogP contribution is -2.29. The average Bonchev–Trinajstić information content (AvgIpc) is 3.62. The summed E-state index contributed by atoms with van der Waals surface area (Å²) < 4.78 is 16.9. The van der Waals surface area contributed by atoms with E-state index in [1.807, 2.05) is 60.7 Å². The van der Waals surface area contributed by atoms with Crippen molar-refractivity contribution in [1.29, 1.82) is 0 Å². The van der Waals surface area contributed by atoms with Crippen LogP contribution < -0.4 is 9.47 Å². The Bertz CT molecular complexity index is 1370. The van der Waals surface area contributed by atoms with E-state index >= 15 is 0 Å². The van der Waals surface area contributed by atoms with Crippen LogP contribution in [0.5, 0.6) is 11.5 Å². The van der Waals surface area contributed by atoms with Crippen LogP contribution in [0.2, 0.25) is 0 Å². The van der Waals surface area contributed by atoms with E-state index in [2.05, 4.69) is 10.1 Å². The first-order chi connectivity index (χ1) is 18.1. The first kappa shape index (κ1) is 24.1. The van der Waals surface area contributed by atoms with Gasteiger partial charge in [-0.3, -0.25) is 4.79 Å². The highest BCUT2D eigenvalue weighted by Crippen LogP contribution is 2.31. The van der Waals surface area contributed by atoms with Gasteiger partial charge in [-0.1, -0.05) is 65.8 Å². The van der Waals surface area contributed by atoms with Crippen LogP contribution in [0.4, 0.5) is 0 Å². The fourth-order valence-electron chi connectivity index (χ4n) is 4.16. The average molecular weight is 500 g/mol. The number of ether oxygens (including phenoxy) is 2. The molecule has 1 atom stereocenters. The number of hydrogen-bond donors (Lipinski definition) is 1. The van der Waals surface area contributed by atoms with E-state index in [0.29, 0.717) is 49.9 Å². The maximum absolute atomic E-state index is 13.3. The number of amides is 1. The van der Waals surface area contributed by atoms with Gasteiger partial charge in [-0.25, -0.2) is 9.78 Å². The van der Waals surface area contributed by atoms with Crippen molar-refractivity contribution in [1.82, 2.24) is 15.0 Å². The molecule has 1 fully saturated rings. The van der Waals surface area contributed by atoms with Gasteiger partial charge in [0.1, 0.15) is 18.9 Å². The number of carboxylic acid groups (broad SMARTS) is 1. The van der Waals surface area contributed by atoms with E-state index in [4.69, 9.17) is 19.1 Å². The van der Waals surface area contributed by atoms with Gasteiger partial charge in [-0.15, -0.1) is 0 Å². The van der Waals surface area contributed by atoms with Gasteiger partial charge < -0.3 is 24.0 Å². The minimum absolute atomic E-state index is 0.108. The lowest BCUT2D eigenvalue weighted by Gasteiger charge is -2.18. The summed E-state index contributed by atoms with van der Waals surface area (Å²) in [6.45, 7) is 1.52. The van der Waals surface area contributed by atoms with Crippen LogP contribution in [-0.2, 0) is 13.2 Å². The number of hydrogen-bond acceptors (Lipinski definition) is 7. The number of carbonyl (C=O) groups excluding carboxylic acids is 1. The Hall–Kier alpha value is -4.66. The summed E-state index contributed by atoms with van der Waals surface area (Å²) in [5.41, 5.74) is 2.75. The second-order valence-corrected chi connectivity index (χ2v) is 8.72. The topological polar surface area (TPSA) is 115 Å². The zero-order valence-electron chi connectivity index (χ0n) is 19.9. The fraction of sp³-hybridized carbons (Fsp3) is 0.214. The fourth-order valence-corrected chi connectivity index (χ4v) is 4.16. The van der Waals surface area contributed by atoms with Gasteiger partial charge >= 0.3 is 5.97 Å². The Labute approximate surface area is 213 Å². The molecular weight excluding hydrogens is 474 g/mol. The molecule has 37 heavy (non-hydrogen) atoms. The van der Waals surface area contributed by atoms with Crippen molar-refractivity contribution in [3.8, 4) is 11.5 Å². The third-order valence-electron chi connectivity index (χ3n) is 6.16. The molecule has 9 nitrogen and oxygen atoms in total. The predicted octanol–water partition coefficient (Wildman–Crippen LogP) is 4.56. The van der Waals surface area contributed by atoms with Crippen molar-refractivity contribution in [2.75, 3.05) is 13.1 Å². The molecular formula is C28H25N3O6. The maximum Gasteiger partial charge on any atom is 0.374 e. The number of benzene rings is 2. The number of aromatic carboxylic acids is 1. The summed E-state index contributed by atoms with van der Waals surface area (Å²) in [7, 11) is 0. The van der Waals surface area contributed by atoms with Crippen LogP contribution in [0.25, 0.3) is 0 Å². The Morgan fingerprint density at radius 3 is 2.22 bits per heavy atom. The Balaban J connectivity index is 1.31. The molecule has 1 saturated heterocycles. The minimum Gasteiger partial charge on any atom is -0.485 e. The molecule has 0 radical (unpaired) electrons. The quantitative estimate of drug-likeness (QED) is 0.357. The van der Waals surface area contributed by atoms with Gasteiger partial charge in [0.15, 0.2) is 11.5 Å². The van der Waals surface area contributed by atoms with Crippen LogP contribution in [-0.4, -0.2) is 45.1 Å². The SMILES string of the molecule is O=C(O)c1cc([C@@H]2CCN(C(=O)c3cc(OCc4ccccc4)c(OCc4ccccc4)cn3)C2)no1. The monoisotopic (exact) mass is 499 g/mol. The Kier molecular flexibility index (Phi) is 7.12. The summed E-state index contributed by atoms with van der Waals surface area (Å²) in [5, 5.41) is 12.9. The lowest BCUT2D eigenvalue weighted by molar-refractivity contribution is 0.0651. The van der Waals surface area contributed by atoms with Crippen LogP contribution in [0, 0.1) is 0 Å². The molecule has 188 valence electrons. The van der Waals surface area contributed by atoms with Crippen molar-refractivity contribution >= 4 is 11.9 Å². The van der Waals surface area contributed by atoms with Gasteiger partial charge in [0.2, 0.25) is 5.76 Å². The highest BCUT2D eigenvalue weighted by atomic mass is 16.5. The van der Waals surface area contributed by atoms with Crippen molar-refractivity contribution in [3.63, 3.8) is 0 Å². The van der Waals surface area contributed by atoms with Crippen LogP contribution >= 0.6 is 0 Å². The third kappa shape index (κ3) is 5.78. The number of rotatable bonds is 9. The van der Waals surface area contributed by atoms with E-state index in [1.165, 1.54) is 12.3 Å². The smallest absolute Gasteiger partial charge is 0.374 e. The van der Waals surface area contributed by atoms with Gasteiger partial charge in [0.25, 0.3) is 5.91 Å². The summed E-state index contributed by atoms with van der Waals surface area (Å²) in [4.78, 5) is 30.4. The zero-order chi connectivity index (χ0) is 25.6. The van der Waals surface area contributed by atoms with Crippen molar-refractivity contribution in [2.45, 2.75) is 25.6 Å². The van der Waals surface area contributed by atoms with Crippen LogP contribution in [0.15, 0.2) is 83.5 Å². The standard InChI is InChI=1S/C28H25N3O6/c32-27(31-12-11-21(16-31)22-13-25(28(33)34)37-30-22)23-14-24(35-17-19-7-3-1-4-8-19)26(15-29-23)36-18-20-9-5-2-6-10-20/h1-10,13-15,21H,11-12,16-18H2,(H,33,34)/t21-/m1/s1. The largest absolute Gasteiger partial charge is 0.485 e. The van der Waals surface area contributed by atoms with E-state index < -0.39 is 5.97 Å². The molecule has 9 heteroatoms. The number of carbonyl (C=O) groups is 2. The molecule has 3 heterocycles. The summed E-state index contributed by atoms with van der Waals surface area (Å²) >= 11 is 0. The highest BCUT2D eigenvalue weighted by molar-refractivity contribution is 5.93. The highest BCUT2D eigenvalue weighted by Gasteiger charge is 2.31. The minimum atomic E-state index is -1.17. The first-order valence-corrected chi connectivity index (χ1v) is 11.9. The van der Waals surface area contributed by atoms with Gasteiger partial charge in [-0.05, 0) is 17.5 Å². The maximum atomic E-state index is 13.3. The summed E-state index contributed by atoms with van der Waals surface area (Å²) in [5.74, 6) is -0.873. The normalized spacial score (nSPS) is 14.9. The summed E-state index contributed by atoms with van der Waals surface area (Å²) in [6.07, 6.45) is 2.16. The molecule has 1 amide bonds. The third-order valence-corrected chi connectivity index (χ3v) is 6.16. The molecule has 1 N–H and O–H groups in total. The zero-order valence-corrected chi connectivity index (χ0v) is 19.9. The van der Waals surface area contributed by atoms with Gasteiger partial charge in [0, 0.05) is 31.1 Å². The number of aromatic nitrogens is 2. The number of nitrogens with zero attached hydrogens (tertiary/aromatic N) is 3. The Morgan fingerprint density at radius 2 is 1.59 bits per heavy atom. The molecule has 4 aromatic rings. The molecule has 5 rings (SSSR count). The van der Waals surface area contributed by atoms with Crippen LogP contribution in [0.3, 0.4) is 0 Å². The molecule has 0 unspecified atom stereocenters. The molecule has 0 aliphatic carbocycles. The predicted molar refractivity (Wildman–Crippen MR) is 133 cm³/mol. The van der Waals surface area contributed by atoms with E-state index in [0.717, 1.165) is 11.1 Å². The molecule has 2 aromatic carbocycles. The van der Waals surface area contributed by atoms with Gasteiger partial charge in [-0.2, -0.15) is 0 Å².